The molecule has 2 aromatic carbocycles. The third kappa shape index (κ3) is 4.55. The highest BCUT2D eigenvalue weighted by molar-refractivity contribution is 6.39. The highest BCUT2D eigenvalue weighted by atomic mass is 16.5. The number of ether oxygens (including phenoxy) is 1. The first-order valence-electron chi connectivity index (χ1n) is 10.4. The number of amides is 2. The van der Waals surface area contributed by atoms with Crippen LogP contribution in [-0.4, -0.2) is 31.5 Å². The van der Waals surface area contributed by atoms with Gasteiger partial charge in [0.15, 0.2) is 0 Å². The van der Waals surface area contributed by atoms with Gasteiger partial charge in [-0.25, -0.2) is 0 Å². The van der Waals surface area contributed by atoms with Crippen molar-refractivity contribution in [3.05, 3.63) is 78.3 Å². The standard InChI is InChI=1S/C24H25N3O4/c1-2-30-21-11-6-4-9-18(21)26-24(29)23(28)25-16-20(22-12-7-15-31-22)27-14-13-17-8-3-5-10-19(17)27/h3-12,15,20H,2,13-14,16H2,1H3,(H,25,28)(H,26,29)/t20-/m0/s1. The Hall–Kier alpha value is -3.74. The number of rotatable bonds is 7. The Bertz CT molecular complexity index is 1050. The summed E-state index contributed by atoms with van der Waals surface area (Å²) in [6.07, 6.45) is 2.54. The molecule has 2 amide bonds. The number of nitrogens with zero attached hydrogens (tertiary/aromatic N) is 1. The van der Waals surface area contributed by atoms with Gasteiger partial charge in [0.05, 0.1) is 18.6 Å². The predicted molar refractivity (Wildman–Crippen MR) is 118 cm³/mol. The third-order valence-corrected chi connectivity index (χ3v) is 5.27. The summed E-state index contributed by atoms with van der Waals surface area (Å²) in [4.78, 5) is 27.2. The molecule has 0 saturated heterocycles. The van der Waals surface area contributed by atoms with Gasteiger partial charge in [-0.05, 0) is 49.2 Å². The van der Waals surface area contributed by atoms with Crippen molar-refractivity contribution in [2.24, 2.45) is 0 Å². The average molecular weight is 419 g/mol. The second-order valence-corrected chi connectivity index (χ2v) is 7.20. The number of carbonyl (C=O) groups is 2. The van der Waals surface area contributed by atoms with Crippen LogP contribution in [0.4, 0.5) is 11.4 Å². The maximum atomic E-state index is 12.5. The quantitative estimate of drug-likeness (QED) is 0.573. The van der Waals surface area contributed by atoms with E-state index in [1.165, 1.54) is 5.56 Å². The topological polar surface area (TPSA) is 83.8 Å². The van der Waals surface area contributed by atoms with Crippen molar-refractivity contribution in [3.63, 3.8) is 0 Å². The Morgan fingerprint density at radius 2 is 1.87 bits per heavy atom. The smallest absolute Gasteiger partial charge is 0.313 e. The first-order valence-corrected chi connectivity index (χ1v) is 10.4. The van der Waals surface area contributed by atoms with E-state index in [2.05, 4.69) is 27.7 Å². The van der Waals surface area contributed by atoms with Gasteiger partial charge in [-0.15, -0.1) is 0 Å². The molecule has 3 aromatic rings. The molecule has 0 fully saturated rings. The summed E-state index contributed by atoms with van der Waals surface area (Å²) in [6.45, 7) is 3.37. The van der Waals surface area contributed by atoms with E-state index in [0.29, 0.717) is 18.0 Å². The van der Waals surface area contributed by atoms with Gasteiger partial charge in [-0.1, -0.05) is 30.3 Å². The Morgan fingerprint density at radius 3 is 2.68 bits per heavy atom. The van der Waals surface area contributed by atoms with Crippen molar-refractivity contribution >= 4 is 23.2 Å². The van der Waals surface area contributed by atoms with Gasteiger partial charge in [0.1, 0.15) is 17.6 Å². The first-order chi connectivity index (χ1) is 15.2. The van der Waals surface area contributed by atoms with E-state index in [9.17, 15) is 9.59 Å². The van der Waals surface area contributed by atoms with Gasteiger partial charge < -0.3 is 24.7 Å². The Morgan fingerprint density at radius 1 is 1.06 bits per heavy atom. The Balaban J connectivity index is 1.44. The minimum absolute atomic E-state index is 0.217. The molecule has 1 aliphatic heterocycles. The molecule has 4 rings (SSSR count). The minimum atomic E-state index is -0.743. The van der Waals surface area contributed by atoms with Crippen LogP contribution in [0, 0.1) is 0 Å². The second-order valence-electron chi connectivity index (χ2n) is 7.20. The fraction of sp³-hybridized carbons (Fsp3) is 0.250. The number of carbonyl (C=O) groups excluding carboxylic acids is 2. The number of fused-ring (bicyclic) bond motifs is 1. The maximum absolute atomic E-state index is 12.5. The molecule has 0 spiro atoms. The molecule has 31 heavy (non-hydrogen) atoms. The van der Waals surface area contributed by atoms with Crippen LogP contribution in [0.1, 0.15) is 24.3 Å². The van der Waals surface area contributed by atoms with E-state index in [1.54, 1.807) is 24.5 Å². The fourth-order valence-corrected chi connectivity index (χ4v) is 3.83. The molecule has 0 radical (unpaired) electrons. The largest absolute Gasteiger partial charge is 0.492 e. The van der Waals surface area contributed by atoms with Crippen LogP contribution in [0.5, 0.6) is 5.75 Å². The third-order valence-electron chi connectivity index (χ3n) is 5.27. The number of anilines is 2. The van der Waals surface area contributed by atoms with Crippen molar-refractivity contribution in [1.29, 1.82) is 0 Å². The molecule has 1 aromatic heterocycles. The highest BCUT2D eigenvalue weighted by Crippen LogP contribution is 2.35. The van der Waals surface area contributed by atoms with Gasteiger partial charge in [0.2, 0.25) is 0 Å². The lowest BCUT2D eigenvalue weighted by atomic mass is 10.1. The second kappa shape index (κ2) is 9.38. The molecule has 0 aliphatic carbocycles. The average Bonchev–Trinajstić information content (AvgIpc) is 3.46. The number of hydrogen-bond acceptors (Lipinski definition) is 5. The van der Waals surface area contributed by atoms with Crippen LogP contribution in [0.15, 0.2) is 71.3 Å². The van der Waals surface area contributed by atoms with Crippen LogP contribution in [0.3, 0.4) is 0 Å². The van der Waals surface area contributed by atoms with Crippen molar-refractivity contribution in [2.75, 3.05) is 29.9 Å². The Kier molecular flexibility index (Phi) is 6.21. The van der Waals surface area contributed by atoms with Crippen LogP contribution in [0.25, 0.3) is 0 Å². The van der Waals surface area contributed by atoms with Crippen LogP contribution in [-0.2, 0) is 16.0 Å². The lowest BCUT2D eigenvalue weighted by Gasteiger charge is -2.29. The van der Waals surface area contributed by atoms with Crippen molar-refractivity contribution in [1.82, 2.24) is 5.32 Å². The summed E-state index contributed by atoms with van der Waals surface area (Å²) < 4.78 is 11.1. The summed E-state index contributed by atoms with van der Waals surface area (Å²) >= 11 is 0. The highest BCUT2D eigenvalue weighted by Gasteiger charge is 2.29. The first kappa shape index (κ1) is 20.5. The molecule has 7 heteroatoms. The van der Waals surface area contributed by atoms with E-state index in [0.717, 1.165) is 24.4 Å². The predicted octanol–water partition coefficient (Wildman–Crippen LogP) is 3.54. The van der Waals surface area contributed by atoms with Crippen molar-refractivity contribution in [3.8, 4) is 5.75 Å². The number of para-hydroxylation sites is 3. The van der Waals surface area contributed by atoms with Crippen LogP contribution >= 0.6 is 0 Å². The Labute approximate surface area is 181 Å². The molecule has 0 unspecified atom stereocenters. The van der Waals surface area contributed by atoms with E-state index in [1.807, 2.05) is 37.3 Å². The van der Waals surface area contributed by atoms with Gasteiger partial charge in [-0.2, -0.15) is 0 Å². The van der Waals surface area contributed by atoms with E-state index >= 15 is 0 Å². The minimum Gasteiger partial charge on any atom is -0.492 e. The molecule has 0 bridgehead atoms. The number of furan rings is 1. The van der Waals surface area contributed by atoms with Gasteiger partial charge >= 0.3 is 11.8 Å². The summed E-state index contributed by atoms with van der Waals surface area (Å²) in [6, 6.07) is 18.7. The molecule has 7 nitrogen and oxygen atoms in total. The molecular formula is C24H25N3O4. The van der Waals surface area contributed by atoms with Crippen LogP contribution < -0.4 is 20.3 Å². The summed E-state index contributed by atoms with van der Waals surface area (Å²) in [5.74, 6) is -0.199. The zero-order valence-corrected chi connectivity index (χ0v) is 17.3. The van der Waals surface area contributed by atoms with Gasteiger partial charge in [-0.3, -0.25) is 9.59 Å². The van der Waals surface area contributed by atoms with Gasteiger partial charge in [0.25, 0.3) is 0 Å². The number of nitrogens with one attached hydrogen (secondary N) is 2. The number of hydrogen-bond donors (Lipinski definition) is 2. The molecule has 1 aliphatic rings. The molecule has 2 N–H and O–H groups in total. The van der Waals surface area contributed by atoms with Crippen molar-refractivity contribution in [2.45, 2.75) is 19.4 Å². The molecule has 2 heterocycles. The summed E-state index contributed by atoms with van der Waals surface area (Å²) in [5.41, 5.74) is 2.84. The summed E-state index contributed by atoms with van der Waals surface area (Å²) in [5, 5.41) is 5.38. The fourth-order valence-electron chi connectivity index (χ4n) is 3.83. The molecule has 160 valence electrons. The van der Waals surface area contributed by atoms with Crippen molar-refractivity contribution < 1.29 is 18.7 Å². The molecule has 0 saturated carbocycles. The van der Waals surface area contributed by atoms with E-state index in [-0.39, 0.29) is 12.6 Å². The number of benzene rings is 2. The molecular weight excluding hydrogens is 394 g/mol. The monoisotopic (exact) mass is 419 g/mol. The normalized spacial score (nSPS) is 13.4. The summed E-state index contributed by atoms with van der Waals surface area (Å²) in [7, 11) is 0. The zero-order valence-electron chi connectivity index (χ0n) is 17.3. The van der Waals surface area contributed by atoms with Gasteiger partial charge in [0, 0.05) is 18.8 Å². The van der Waals surface area contributed by atoms with Crippen LogP contribution in [0.2, 0.25) is 0 Å². The SMILES string of the molecule is CCOc1ccccc1NC(=O)C(=O)NC[C@@H](c1ccco1)N1CCc2ccccc21. The van der Waals surface area contributed by atoms with E-state index < -0.39 is 11.8 Å². The van der Waals surface area contributed by atoms with E-state index in [4.69, 9.17) is 9.15 Å². The molecule has 1 atom stereocenters. The zero-order chi connectivity index (χ0) is 21.6. The maximum Gasteiger partial charge on any atom is 0.313 e. The lowest BCUT2D eigenvalue weighted by molar-refractivity contribution is -0.136. The lowest BCUT2D eigenvalue weighted by Crippen LogP contribution is -2.41.